The molecule has 0 aliphatic rings. The second-order valence-electron chi connectivity index (χ2n) is 10.6. The number of benzene rings is 1. The number of para-hydroxylation sites is 1. The van der Waals surface area contributed by atoms with Crippen LogP contribution in [0.5, 0.6) is 0 Å². The van der Waals surface area contributed by atoms with Crippen LogP contribution in [-0.2, 0) is 25.6 Å². The average Bonchev–Trinajstić information content (AvgIpc) is 3.35. The fourth-order valence-electron chi connectivity index (χ4n) is 4.37. The van der Waals surface area contributed by atoms with Gasteiger partial charge in [-0.05, 0) is 56.2 Å². The van der Waals surface area contributed by atoms with E-state index in [-0.39, 0.29) is 37.7 Å². The molecule has 0 saturated carbocycles. The minimum absolute atomic E-state index is 0.0185. The zero-order valence-electron chi connectivity index (χ0n) is 24.3. The van der Waals surface area contributed by atoms with Gasteiger partial charge in [0.2, 0.25) is 17.7 Å². The Morgan fingerprint density at radius 1 is 0.905 bits per heavy atom. The number of rotatable bonds is 18. The number of carboxylic acid groups (broad SMARTS) is 1. The number of unbranched alkanes of at least 4 members (excludes halogenated alkanes) is 1. The van der Waals surface area contributed by atoms with Crippen LogP contribution in [0.1, 0.15) is 51.5 Å². The molecule has 232 valence electrons. The summed E-state index contributed by atoms with van der Waals surface area (Å²) in [6.07, 6.45) is 3.62. The molecule has 4 unspecified atom stereocenters. The van der Waals surface area contributed by atoms with Gasteiger partial charge in [-0.15, -0.1) is 0 Å². The lowest BCUT2D eigenvalue weighted by Crippen LogP contribution is -2.57. The maximum atomic E-state index is 13.4. The molecule has 0 fully saturated rings. The highest BCUT2D eigenvalue weighted by Gasteiger charge is 2.31. The first-order valence-corrected chi connectivity index (χ1v) is 14.1. The third-order valence-corrected chi connectivity index (χ3v) is 6.89. The summed E-state index contributed by atoms with van der Waals surface area (Å²) in [5.74, 6) is -3.27. The molecule has 1 heterocycles. The van der Waals surface area contributed by atoms with E-state index >= 15 is 0 Å². The molecule has 42 heavy (non-hydrogen) atoms. The summed E-state index contributed by atoms with van der Waals surface area (Å²) < 4.78 is 0. The Bertz CT molecular complexity index is 1230. The Labute approximate surface area is 245 Å². The van der Waals surface area contributed by atoms with E-state index in [1.807, 2.05) is 24.3 Å². The van der Waals surface area contributed by atoms with Crippen molar-refractivity contribution in [3.8, 4) is 0 Å². The zero-order chi connectivity index (χ0) is 31.2. The van der Waals surface area contributed by atoms with Crippen molar-refractivity contribution in [1.29, 1.82) is 0 Å². The summed E-state index contributed by atoms with van der Waals surface area (Å²) in [5.41, 5.74) is 23.9. The number of nitrogens with zero attached hydrogens (tertiary/aromatic N) is 1. The molecule has 4 atom stereocenters. The van der Waals surface area contributed by atoms with Gasteiger partial charge in [0, 0.05) is 30.1 Å². The maximum Gasteiger partial charge on any atom is 0.326 e. The van der Waals surface area contributed by atoms with Crippen molar-refractivity contribution in [3.63, 3.8) is 0 Å². The van der Waals surface area contributed by atoms with E-state index in [0.29, 0.717) is 25.8 Å². The number of guanidine groups is 1. The van der Waals surface area contributed by atoms with E-state index in [0.717, 1.165) is 16.5 Å². The van der Waals surface area contributed by atoms with Crippen molar-refractivity contribution in [3.05, 3.63) is 36.0 Å². The van der Waals surface area contributed by atoms with Crippen LogP contribution in [0, 0.1) is 5.92 Å². The van der Waals surface area contributed by atoms with Gasteiger partial charge in [0.05, 0.1) is 6.04 Å². The summed E-state index contributed by atoms with van der Waals surface area (Å²) >= 11 is 0. The van der Waals surface area contributed by atoms with E-state index in [1.165, 1.54) is 0 Å². The highest BCUT2D eigenvalue weighted by molar-refractivity contribution is 5.94. The van der Waals surface area contributed by atoms with E-state index < -0.39 is 47.9 Å². The molecule has 14 heteroatoms. The van der Waals surface area contributed by atoms with Gasteiger partial charge in [0.1, 0.15) is 18.1 Å². The third kappa shape index (κ3) is 10.7. The minimum atomic E-state index is -1.27. The second-order valence-corrected chi connectivity index (χ2v) is 10.6. The number of H-pyrrole nitrogens is 1. The fraction of sp³-hybridized carbons (Fsp3) is 0.536. The molecule has 0 saturated heterocycles. The number of aromatic amines is 1. The molecule has 14 nitrogen and oxygen atoms in total. The molecule has 0 aliphatic carbocycles. The Kier molecular flexibility index (Phi) is 13.7. The summed E-state index contributed by atoms with van der Waals surface area (Å²) in [7, 11) is 0. The van der Waals surface area contributed by atoms with Crippen molar-refractivity contribution in [1.82, 2.24) is 20.9 Å². The predicted octanol–water partition coefficient (Wildman–Crippen LogP) is -0.585. The van der Waals surface area contributed by atoms with Crippen molar-refractivity contribution >= 4 is 40.6 Å². The normalized spacial score (nSPS) is 14.0. The average molecular weight is 588 g/mol. The van der Waals surface area contributed by atoms with Gasteiger partial charge in [-0.25, -0.2) is 4.79 Å². The number of aliphatic imine (C=N–C) groups is 1. The number of amides is 3. The lowest BCUT2D eigenvalue weighted by atomic mass is 10.0. The number of carbonyl (C=O) groups is 4. The van der Waals surface area contributed by atoms with Crippen molar-refractivity contribution in [2.75, 3.05) is 13.1 Å². The highest BCUT2D eigenvalue weighted by Crippen LogP contribution is 2.19. The lowest BCUT2D eigenvalue weighted by molar-refractivity contribution is -0.142. The van der Waals surface area contributed by atoms with Crippen molar-refractivity contribution in [2.45, 2.75) is 76.5 Å². The number of nitrogens with two attached hydrogens (primary N) is 4. The number of aliphatic carboxylic acids is 1. The summed E-state index contributed by atoms with van der Waals surface area (Å²) in [6.45, 7) is 4.19. The van der Waals surface area contributed by atoms with Crippen molar-refractivity contribution < 1.29 is 24.3 Å². The molecule has 1 aromatic heterocycles. The van der Waals surface area contributed by atoms with Crippen LogP contribution < -0.4 is 38.9 Å². The zero-order valence-corrected chi connectivity index (χ0v) is 24.3. The predicted molar refractivity (Wildman–Crippen MR) is 161 cm³/mol. The van der Waals surface area contributed by atoms with Crippen molar-refractivity contribution in [2.24, 2.45) is 33.8 Å². The van der Waals surface area contributed by atoms with Gasteiger partial charge < -0.3 is 49.0 Å². The number of hydrogen-bond donors (Lipinski definition) is 9. The van der Waals surface area contributed by atoms with Crippen LogP contribution in [0.4, 0.5) is 0 Å². The molecule has 1 aromatic carbocycles. The summed E-state index contributed by atoms with van der Waals surface area (Å²) in [4.78, 5) is 58.6. The van der Waals surface area contributed by atoms with Crippen LogP contribution in [0.15, 0.2) is 35.5 Å². The number of aromatic nitrogens is 1. The number of hydrogen-bond acceptors (Lipinski definition) is 7. The Morgan fingerprint density at radius 2 is 1.50 bits per heavy atom. The molecule has 0 spiro atoms. The van der Waals surface area contributed by atoms with Gasteiger partial charge in [-0.1, -0.05) is 32.0 Å². The van der Waals surface area contributed by atoms with Crippen LogP contribution >= 0.6 is 0 Å². The first kappa shape index (κ1) is 34.0. The smallest absolute Gasteiger partial charge is 0.326 e. The maximum absolute atomic E-state index is 13.4. The fourth-order valence-corrected chi connectivity index (χ4v) is 4.37. The van der Waals surface area contributed by atoms with E-state index in [2.05, 4.69) is 25.9 Å². The lowest BCUT2D eigenvalue weighted by Gasteiger charge is -2.26. The van der Waals surface area contributed by atoms with Gasteiger partial charge in [0.25, 0.3) is 0 Å². The van der Waals surface area contributed by atoms with Gasteiger partial charge >= 0.3 is 5.97 Å². The van der Waals surface area contributed by atoms with Crippen LogP contribution in [0.2, 0.25) is 0 Å². The Hall–Kier alpha value is -4.17. The number of fused-ring (bicyclic) bond motifs is 1. The molecule has 2 rings (SSSR count). The minimum Gasteiger partial charge on any atom is -0.480 e. The SMILES string of the molecule is CC(C)C(N)C(=O)NC(CCCCN)C(=O)NC(CCCN=C(N)N)C(=O)NC(Cc1c[nH]c2ccccc12)C(=O)O. The highest BCUT2D eigenvalue weighted by atomic mass is 16.4. The molecule has 0 aliphatic heterocycles. The van der Waals surface area contributed by atoms with Gasteiger partial charge in [-0.2, -0.15) is 0 Å². The standard InChI is InChI=1S/C28H45N9O5/c1-16(2)23(30)26(40)36-20(10-5-6-12-29)24(38)35-21(11-7-13-33-28(31)32)25(39)37-22(27(41)42)14-17-15-34-19-9-4-3-8-18(17)19/h3-4,8-9,15-16,20-23,34H,5-7,10-14,29-30H2,1-2H3,(H,35,38)(H,36,40)(H,37,39)(H,41,42)(H4,31,32,33). The molecule has 0 bridgehead atoms. The summed E-state index contributed by atoms with van der Waals surface area (Å²) in [5, 5.41) is 18.7. The first-order chi connectivity index (χ1) is 19.9. The van der Waals surface area contributed by atoms with E-state index in [9.17, 15) is 24.3 Å². The third-order valence-electron chi connectivity index (χ3n) is 6.89. The largest absolute Gasteiger partial charge is 0.480 e. The molecule has 3 amide bonds. The van der Waals surface area contributed by atoms with E-state index in [1.54, 1.807) is 20.0 Å². The van der Waals surface area contributed by atoms with Gasteiger partial charge in [-0.3, -0.25) is 19.4 Å². The number of carboxylic acids is 1. The summed E-state index contributed by atoms with van der Waals surface area (Å²) in [6, 6.07) is 3.24. The Morgan fingerprint density at radius 3 is 2.10 bits per heavy atom. The number of nitrogens with one attached hydrogen (secondary N) is 4. The molecular weight excluding hydrogens is 542 g/mol. The Balaban J connectivity index is 2.23. The molecule has 2 aromatic rings. The first-order valence-electron chi connectivity index (χ1n) is 14.1. The quantitative estimate of drug-likeness (QED) is 0.0613. The van der Waals surface area contributed by atoms with Crippen LogP contribution in [0.25, 0.3) is 10.9 Å². The van der Waals surface area contributed by atoms with E-state index in [4.69, 9.17) is 22.9 Å². The second kappa shape index (κ2) is 16.9. The molecular formula is C28H45N9O5. The molecule has 13 N–H and O–H groups in total. The topological polar surface area (TPSA) is 257 Å². The van der Waals surface area contributed by atoms with Crippen LogP contribution in [0.3, 0.4) is 0 Å². The number of carbonyl (C=O) groups excluding carboxylic acids is 3. The monoisotopic (exact) mass is 587 g/mol. The molecule has 0 radical (unpaired) electrons. The van der Waals surface area contributed by atoms with Crippen LogP contribution in [-0.4, -0.2) is 77.0 Å². The van der Waals surface area contributed by atoms with Gasteiger partial charge in [0.15, 0.2) is 5.96 Å².